The van der Waals surface area contributed by atoms with Gasteiger partial charge in [-0.15, -0.1) is 5.10 Å². The van der Waals surface area contributed by atoms with Crippen LogP contribution in [0.3, 0.4) is 0 Å². The monoisotopic (exact) mass is 186 g/mol. The van der Waals surface area contributed by atoms with Gasteiger partial charge in [0.2, 0.25) is 0 Å². The van der Waals surface area contributed by atoms with Gasteiger partial charge in [0.1, 0.15) is 11.5 Å². The van der Waals surface area contributed by atoms with Crippen LogP contribution in [0.5, 0.6) is 5.88 Å². The molecule has 74 valence electrons. The zero-order valence-corrected chi connectivity index (χ0v) is 7.78. The maximum atomic E-state index is 5.66. The highest BCUT2D eigenvalue weighted by atomic mass is 16.5. The number of ether oxygens (including phenoxy) is 2. The van der Waals surface area contributed by atoms with Crippen molar-refractivity contribution in [2.75, 3.05) is 32.3 Å². The number of nitrogen functional groups attached to an aromatic ring is 2. The van der Waals surface area contributed by atoms with Gasteiger partial charge in [-0.3, -0.25) is 0 Å². The molecule has 0 atom stereocenters. The second kappa shape index (κ2) is 3.99. The zero-order chi connectivity index (χ0) is 9.84. The maximum absolute atomic E-state index is 5.66. The summed E-state index contributed by atoms with van der Waals surface area (Å²) in [6.07, 6.45) is 0. The number of nitrogens with zero attached hydrogens (tertiary/aromatic N) is 2. The molecular formula is C7H14N4O2. The number of methoxy groups -OCH3 is 2. The Bertz CT molecular complexity index is 284. The molecule has 0 aliphatic heterocycles. The summed E-state index contributed by atoms with van der Waals surface area (Å²) in [6.45, 7) is 1.10. The molecule has 0 aromatic carbocycles. The lowest BCUT2D eigenvalue weighted by atomic mass is 10.5. The quantitative estimate of drug-likeness (QED) is 0.674. The normalized spacial score (nSPS) is 10.3. The van der Waals surface area contributed by atoms with E-state index in [1.54, 1.807) is 11.8 Å². The lowest BCUT2D eigenvalue weighted by Crippen LogP contribution is -2.09. The third-order valence-electron chi connectivity index (χ3n) is 1.70. The fraction of sp³-hybridized carbons (Fsp3) is 0.571. The Morgan fingerprint density at radius 1 is 1.38 bits per heavy atom. The molecule has 0 unspecified atom stereocenters. The Morgan fingerprint density at radius 3 is 2.54 bits per heavy atom. The molecule has 1 rings (SSSR count). The molecule has 0 bridgehead atoms. The smallest absolute Gasteiger partial charge is 0.258 e. The first-order chi connectivity index (χ1) is 6.20. The summed E-state index contributed by atoms with van der Waals surface area (Å²) in [7, 11) is 3.11. The number of nitrogens with two attached hydrogens (primary N) is 2. The van der Waals surface area contributed by atoms with Crippen LogP contribution >= 0.6 is 0 Å². The van der Waals surface area contributed by atoms with Gasteiger partial charge in [-0.2, -0.15) is 0 Å². The van der Waals surface area contributed by atoms with E-state index in [4.69, 9.17) is 20.9 Å². The molecule has 0 amide bonds. The van der Waals surface area contributed by atoms with Gasteiger partial charge < -0.3 is 20.9 Å². The average molecular weight is 186 g/mol. The standard InChI is InChI=1S/C7H14N4O2/c1-12-4-3-11-6(9)5(8)7(10-11)13-2/h3-4,8-9H2,1-2H3. The first kappa shape index (κ1) is 9.66. The van der Waals surface area contributed by atoms with E-state index in [-0.39, 0.29) is 0 Å². The zero-order valence-electron chi connectivity index (χ0n) is 7.78. The highest BCUT2D eigenvalue weighted by Crippen LogP contribution is 2.25. The Balaban J connectivity index is 2.82. The summed E-state index contributed by atoms with van der Waals surface area (Å²) in [5, 5.41) is 4.03. The highest BCUT2D eigenvalue weighted by molar-refractivity contribution is 5.65. The maximum Gasteiger partial charge on any atom is 0.258 e. The van der Waals surface area contributed by atoms with Crippen LogP contribution in [0, 0.1) is 0 Å². The summed E-state index contributed by atoms with van der Waals surface area (Å²) in [6, 6.07) is 0. The van der Waals surface area contributed by atoms with Gasteiger partial charge in [-0.1, -0.05) is 0 Å². The van der Waals surface area contributed by atoms with Gasteiger partial charge in [0.25, 0.3) is 5.88 Å². The lowest BCUT2D eigenvalue weighted by Gasteiger charge is -2.01. The second-order valence-corrected chi connectivity index (χ2v) is 2.52. The third kappa shape index (κ3) is 1.83. The van der Waals surface area contributed by atoms with Crippen LogP contribution in [0.2, 0.25) is 0 Å². The van der Waals surface area contributed by atoms with E-state index in [2.05, 4.69) is 5.10 Å². The molecule has 6 heteroatoms. The van der Waals surface area contributed by atoms with Crippen LogP contribution in [-0.4, -0.2) is 30.6 Å². The number of rotatable bonds is 4. The molecule has 1 aromatic rings. The largest absolute Gasteiger partial charge is 0.478 e. The predicted molar refractivity (Wildman–Crippen MR) is 49.5 cm³/mol. The van der Waals surface area contributed by atoms with Crippen molar-refractivity contribution >= 4 is 11.5 Å². The Morgan fingerprint density at radius 2 is 2.08 bits per heavy atom. The molecule has 4 N–H and O–H groups in total. The van der Waals surface area contributed by atoms with E-state index < -0.39 is 0 Å². The van der Waals surface area contributed by atoms with Crippen molar-refractivity contribution in [3.63, 3.8) is 0 Å². The predicted octanol–water partition coefficient (Wildman–Crippen LogP) is -0.298. The minimum atomic E-state index is 0.355. The molecule has 0 spiro atoms. The third-order valence-corrected chi connectivity index (χ3v) is 1.70. The fourth-order valence-electron chi connectivity index (χ4n) is 0.965. The number of aromatic nitrogens is 2. The minimum absolute atomic E-state index is 0.355. The van der Waals surface area contributed by atoms with Gasteiger partial charge in [0, 0.05) is 7.11 Å². The lowest BCUT2D eigenvalue weighted by molar-refractivity contribution is 0.183. The minimum Gasteiger partial charge on any atom is -0.478 e. The van der Waals surface area contributed by atoms with Crippen molar-refractivity contribution in [1.82, 2.24) is 9.78 Å². The molecule has 0 fully saturated rings. The average Bonchev–Trinajstić information content (AvgIpc) is 2.41. The van der Waals surface area contributed by atoms with E-state index >= 15 is 0 Å². The van der Waals surface area contributed by atoms with Gasteiger partial charge in [0.15, 0.2) is 0 Å². The van der Waals surface area contributed by atoms with Crippen LogP contribution in [0.15, 0.2) is 0 Å². The van der Waals surface area contributed by atoms with Gasteiger partial charge in [0.05, 0.1) is 20.3 Å². The van der Waals surface area contributed by atoms with Crippen molar-refractivity contribution < 1.29 is 9.47 Å². The van der Waals surface area contributed by atoms with Crippen molar-refractivity contribution in [1.29, 1.82) is 0 Å². The molecular weight excluding hydrogens is 172 g/mol. The van der Waals surface area contributed by atoms with E-state index in [1.807, 2.05) is 0 Å². The molecule has 0 saturated heterocycles. The molecule has 0 aliphatic carbocycles. The van der Waals surface area contributed by atoms with Gasteiger partial charge >= 0.3 is 0 Å². The van der Waals surface area contributed by atoms with E-state index in [9.17, 15) is 0 Å². The van der Waals surface area contributed by atoms with Crippen LogP contribution in [0.25, 0.3) is 0 Å². The Kier molecular flexibility index (Phi) is 2.97. The van der Waals surface area contributed by atoms with E-state index in [0.29, 0.717) is 30.5 Å². The first-order valence-corrected chi connectivity index (χ1v) is 3.85. The molecule has 1 aromatic heterocycles. The van der Waals surface area contributed by atoms with Gasteiger partial charge in [-0.05, 0) is 0 Å². The van der Waals surface area contributed by atoms with Crippen LogP contribution < -0.4 is 16.2 Å². The summed E-state index contributed by atoms with van der Waals surface area (Å²) in [5.74, 6) is 0.766. The topological polar surface area (TPSA) is 88.3 Å². The Hall–Kier alpha value is -1.43. The SMILES string of the molecule is COCCn1nc(OC)c(N)c1N. The van der Waals surface area contributed by atoms with Crippen molar-refractivity contribution in [3.05, 3.63) is 0 Å². The molecule has 0 aliphatic rings. The summed E-state index contributed by atoms with van der Waals surface area (Å²) in [5.41, 5.74) is 11.6. The summed E-state index contributed by atoms with van der Waals surface area (Å²) < 4.78 is 11.3. The van der Waals surface area contributed by atoms with Crippen molar-refractivity contribution in [3.8, 4) is 5.88 Å². The van der Waals surface area contributed by atoms with Crippen LogP contribution in [0.1, 0.15) is 0 Å². The summed E-state index contributed by atoms with van der Waals surface area (Å²) in [4.78, 5) is 0. The Labute approximate surface area is 76.4 Å². The fourth-order valence-corrected chi connectivity index (χ4v) is 0.965. The first-order valence-electron chi connectivity index (χ1n) is 3.85. The molecule has 1 heterocycles. The second-order valence-electron chi connectivity index (χ2n) is 2.52. The number of hydrogen-bond donors (Lipinski definition) is 2. The van der Waals surface area contributed by atoms with Crippen LogP contribution in [-0.2, 0) is 11.3 Å². The molecule has 13 heavy (non-hydrogen) atoms. The van der Waals surface area contributed by atoms with Crippen molar-refractivity contribution in [2.24, 2.45) is 0 Å². The highest BCUT2D eigenvalue weighted by Gasteiger charge is 2.11. The van der Waals surface area contributed by atoms with E-state index in [1.165, 1.54) is 7.11 Å². The number of anilines is 2. The summed E-state index contributed by atoms with van der Waals surface area (Å²) >= 11 is 0. The van der Waals surface area contributed by atoms with Crippen molar-refractivity contribution in [2.45, 2.75) is 6.54 Å². The number of hydrogen-bond acceptors (Lipinski definition) is 5. The van der Waals surface area contributed by atoms with Crippen LogP contribution in [0.4, 0.5) is 11.5 Å². The molecule has 0 saturated carbocycles. The molecule has 0 radical (unpaired) electrons. The van der Waals surface area contributed by atoms with Gasteiger partial charge in [-0.25, -0.2) is 4.68 Å². The van der Waals surface area contributed by atoms with E-state index in [0.717, 1.165) is 0 Å². The molecule has 6 nitrogen and oxygen atoms in total.